The molecule has 4 aromatic carbocycles. The van der Waals surface area contributed by atoms with Gasteiger partial charge in [0.2, 0.25) is 11.8 Å². The first-order valence-corrected chi connectivity index (χ1v) is 18.5. The van der Waals surface area contributed by atoms with Crippen LogP contribution in [0, 0.1) is 0 Å². The second-order valence-corrected chi connectivity index (χ2v) is 14.5. The summed E-state index contributed by atoms with van der Waals surface area (Å²) < 4.78 is 6.17. The molecule has 282 valence electrons. The Kier molecular flexibility index (Phi) is 10.4. The normalized spacial score (nSPS) is 19.0. The highest BCUT2D eigenvalue weighted by molar-refractivity contribution is 6.00. The van der Waals surface area contributed by atoms with Gasteiger partial charge in [0.1, 0.15) is 23.6 Å². The summed E-state index contributed by atoms with van der Waals surface area (Å²) in [6, 6.07) is 34.2. The Morgan fingerprint density at radius 1 is 0.564 bits per heavy atom. The summed E-state index contributed by atoms with van der Waals surface area (Å²) in [5, 5.41) is 28.1. The molecule has 2 fully saturated rings. The lowest BCUT2D eigenvalue weighted by molar-refractivity contribution is -0.153. The van der Waals surface area contributed by atoms with Gasteiger partial charge in [0, 0.05) is 35.6 Å². The third-order valence-electron chi connectivity index (χ3n) is 10.6. The molecule has 1 unspecified atom stereocenters. The number of furan rings is 1. The SMILES string of the molecule is C[C@](O)(C(=O)N1CCCC1C(=O)Nc1ccc(-c2ccc(-c3ccc(NC(=O)[C@@H]4CCCN4C(=O)[C@](C)(O)c4ccccc4)cc3)o2)cc1)c1ccccc1. The number of amides is 4. The Morgan fingerprint density at radius 2 is 0.927 bits per heavy atom. The second-order valence-electron chi connectivity index (χ2n) is 14.5. The van der Waals surface area contributed by atoms with E-state index in [4.69, 9.17) is 4.42 Å². The predicted octanol–water partition coefficient (Wildman–Crippen LogP) is 6.29. The van der Waals surface area contributed by atoms with Crippen molar-refractivity contribution in [3.8, 4) is 22.6 Å². The number of benzene rings is 4. The van der Waals surface area contributed by atoms with E-state index >= 15 is 0 Å². The zero-order valence-corrected chi connectivity index (χ0v) is 30.8. The number of aliphatic hydroxyl groups is 2. The van der Waals surface area contributed by atoms with Crippen LogP contribution in [0.4, 0.5) is 11.4 Å². The van der Waals surface area contributed by atoms with E-state index in [-0.39, 0.29) is 11.8 Å². The minimum Gasteiger partial charge on any atom is -0.456 e. The van der Waals surface area contributed by atoms with Crippen LogP contribution in [0.25, 0.3) is 22.6 Å². The van der Waals surface area contributed by atoms with E-state index in [2.05, 4.69) is 10.6 Å². The van der Waals surface area contributed by atoms with Gasteiger partial charge in [-0.2, -0.15) is 0 Å². The highest BCUT2D eigenvalue weighted by Gasteiger charge is 2.44. The van der Waals surface area contributed by atoms with Gasteiger partial charge >= 0.3 is 0 Å². The first-order valence-electron chi connectivity index (χ1n) is 18.5. The molecule has 4 atom stereocenters. The van der Waals surface area contributed by atoms with Gasteiger partial charge in [-0.15, -0.1) is 0 Å². The zero-order chi connectivity index (χ0) is 38.7. The number of nitrogens with one attached hydrogen (secondary N) is 2. The van der Waals surface area contributed by atoms with Crippen molar-refractivity contribution >= 4 is 35.0 Å². The molecule has 0 spiro atoms. The maximum absolute atomic E-state index is 13.4. The molecule has 7 rings (SSSR count). The van der Waals surface area contributed by atoms with Crippen LogP contribution in [-0.4, -0.2) is 68.8 Å². The second kappa shape index (κ2) is 15.4. The molecule has 3 heterocycles. The molecule has 4 N–H and O–H groups in total. The van der Waals surface area contributed by atoms with Gasteiger partial charge in [-0.3, -0.25) is 19.2 Å². The number of anilines is 2. The molecule has 11 heteroatoms. The molecule has 11 nitrogen and oxygen atoms in total. The van der Waals surface area contributed by atoms with Crippen LogP contribution in [0.3, 0.4) is 0 Å². The predicted molar refractivity (Wildman–Crippen MR) is 208 cm³/mol. The number of nitrogens with zero attached hydrogens (tertiary/aromatic N) is 2. The zero-order valence-electron chi connectivity index (χ0n) is 30.8. The molecule has 0 radical (unpaired) electrons. The van der Waals surface area contributed by atoms with Gasteiger partial charge in [0.05, 0.1) is 0 Å². The van der Waals surface area contributed by atoms with Crippen LogP contribution in [0.15, 0.2) is 126 Å². The van der Waals surface area contributed by atoms with Crippen molar-refractivity contribution in [1.29, 1.82) is 0 Å². The van der Waals surface area contributed by atoms with Gasteiger partial charge in [-0.05, 0) is 111 Å². The number of carbonyl (C=O) groups is 4. The van der Waals surface area contributed by atoms with Gasteiger partial charge in [0.25, 0.3) is 11.8 Å². The Labute approximate surface area is 319 Å². The number of carbonyl (C=O) groups excluding carboxylic acids is 4. The molecular weight excluding hydrogens is 697 g/mol. The fourth-order valence-corrected chi connectivity index (χ4v) is 7.43. The topological polar surface area (TPSA) is 152 Å². The van der Waals surface area contributed by atoms with E-state index < -0.39 is 35.1 Å². The summed E-state index contributed by atoms with van der Waals surface area (Å²) in [5.41, 5.74) is 0.180. The van der Waals surface area contributed by atoms with E-state index in [1.54, 1.807) is 72.8 Å². The van der Waals surface area contributed by atoms with Crippen LogP contribution >= 0.6 is 0 Å². The Morgan fingerprint density at radius 3 is 1.29 bits per heavy atom. The van der Waals surface area contributed by atoms with E-state index in [0.717, 1.165) is 11.1 Å². The maximum Gasteiger partial charge on any atom is 0.259 e. The summed E-state index contributed by atoms with van der Waals surface area (Å²) in [5.74, 6) is -0.380. The van der Waals surface area contributed by atoms with Crippen LogP contribution in [0.2, 0.25) is 0 Å². The molecule has 55 heavy (non-hydrogen) atoms. The quantitative estimate of drug-likeness (QED) is 0.131. The summed E-state index contributed by atoms with van der Waals surface area (Å²) in [4.78, 5) is 56.4. The average molecular weight is 741 g/mol. The lowest BCUT2D eigenvalue weighted by Gasteiger charge is -2.31. The fraction of sp³-hybridized carbons (Fsp3) is 0.273. The maximum atomic E-state index is 13.4. The van der Waals surface area contributed by atoms with Gasteiger partial charge in [0.15, 0.2) is 11.2 Å². The summed E-state index contributed by atoms with van der Waals surface area (Å²) in [6.45, 7) is 3.70. The largest absolute Gasteiger partial charge is 0.456 e. The fourth-order valence-electron chi connectivity index (χ4n) is 7.43. The van der Waals surface area contributed by atoms with E-state index in [9.17, 15) is 29.4 Å². The minimum absolute atomic E-state index is 0.312. The molecule has 5 aromatic rings. The third-order valence-corrected chi connectivity index (χ3v) is 10.6. The van der Waals surface area contributed by atoms with Crippen molar-refractivity contribution in [3.63, 3.8) is 0 Å². The molecule has 2 saturated heterocycles. The molecule has 4 amide bonds. The lowest BCUT2D eigenvalue weighted by Crippen LogP contribution is -2.50. The summed E-state index contributed by atoms with van der Waals surface area (Å²) >= 11 is 0. The van der Waals surface area contributed by atoms with Crippen molar-refractivity contribution in [1.82, 2.24) is 9.80 Å². The van der Waals surface area contributed by atoms with E-state index in [1.807, 2.05) is 48.5 Å². The number of likely N-dealkylation sites (tertiary alicyclic amines) is 2. The lowest BCUT2D eigenvalue weighted by atomic mass is 9.94. The van der Waals surface area contributed by atoms with Gasteiger partial charge < -0.3 is 35.1 Å². The molecular formula is C44H44N4O7. The standard InChI is InChI=1S/C44H44N4O7/c1-43(53,31-11-5-3-6-12-31)41(51)47-27-9-15-35(47)39(49)45-33-21-17-29(18-22-33)37-25-26-38(55-37)30-19-23-34(24-20-30)46-40(50)36-16-10-28-48(36)42(52)44(2,54)32-13-7-4-8-14-32/h3-8,11-14,17-26,35-36,53-54H,9-10,15-16,27-28H2,1-2H3,(H,45,49)(H,46,50)/t35-,36?,43+,44+/m0/s1. The van der Waals surface area contributed by atoms with Crippen molar-refractivity contribution in [2.45, 2.75) is 62.8 Å². The minimum atomic E-state index is -1.75. The Balaban J connectivity index is 0.950. The van der Waals surface area contributed by atoms with Crippen molar-refractivity contribution < 1.29 is 33.8 Å². The number of rotatable bonds is 10. The molecule has 0 aliphatic carbocycles. The number of hydrogen-bond acceptors (Lipinski definition) is 7. The average Bonchev–Trinajstić information content (AvgIpc) is 4.01. The Hall–Kier alpha value is -6.04. The van der Waals surface area contributed by atoms with Crippen LogP contribution in [-0.2, 0) is 30.4 Å². The third kappa shape index (κ3) is 7.67. The monoisotopic (exact) mass is 740 g/mol. The highest BCUT2D eigenvalue weighted by Crippen LogP contribution is 2.33. The molecule has 2 aliphatic rings. The first-order chi connectivity index (χ1) is 26.4. The molecule has 2 aliphatic heterocycles. The van der Waals surface area contributed by atoms with Gasteiger partial charge in [-0.25, -0.2) is 0 Å². The molecule has 0 saturated carbocycles. The number of hydrogen-bond donors (Lipinski definition) is 4. The van der Waals surface area contributed by atoms with Crippen molar-refractivity contribution in [3.05, 3.63) is 132 Å². The Bertz CT molecular complexity index is 2010. The van der Waals surface area contributed by atoms with E-state index in [1.165, 1.54) is 23.6 Å². The van der Waals surface area contributed by atoms with Crippen LogP contribution < -0.4 is 10.6 Å². The summed E-state index contributed by atoms with van der Waals surface area (Å²) in [7, 11) is 0. The van der Waals surface area contributed by atoms with Gasteiger partial charge in [-0.1, -0.05) is 60.7 Å². The smallest absolute Gasteiger partial charge is 0.259 e. The molecule has 1 aromatic heterocycles. The van der Waals surface area contributed by atoms with Crippen molar-refractivity contribution in [2.24, 2.45) is 0 Å². The van der Waals surface area contributed by atoms with E-state index in [0.29, 0.717) is 72.8 Å². The summed E-state index contributed by atoms with van der Waals surface area (Å²) in [6.07, 6.45) is 2.33. The highest BCUT2D eigenvalue weighted by atomic mass is 16.3. The van der Waals surface area contributed by atoms with Crippen LogP contribution in [0.5, 0.6) is 0 Å². The van der Waals surface area contributed by atoms with Crippen LogP contribution in [0.1, 0.15) is 50.7 Å². The van der Waals surface area contributed by atoms with Crippen molar-refractivity contribution in [2.75, 3.05) is 23.7 Å². The molecule has 0 bridgehead atoms. The first kappa shape index (κ1) is 37.3.